The van der Waals surface area contributed by atoms with Crippen molar-refractivity contribution in [2.45, 2.75) is 104 Å². The Labute approximate surface area is 266 Å². The Balaban J connectivity index is 2.13. The van der Waals surface area contributed by atoms with Crippen LogP contribution >= 0.6 is 15.9 Å². The predicted octanol–water partition coefficient (Wildman–Crippen LogP) is 8.23. The van der Waals surface area contributed by atoms with Gasteiger partial charge < -0.3 is 10.1 Å². The van der Waals surface area contributed by atoms with Crippen molar-refractivity contribution in [2.24, 2.45) is 0 Å². The minimum absolute atomic E-state index is 0.356. The summed E-state index contributed by atoms with van der Waals surface area (Å²) in [5.41, 5.74) is 8.59. The fourth-order valence-corrected chi connectivity index (χ4v) is 11.5. The first-order valence-electron chi connectivity index (χ1n) is 14.8. The van der Waals surface area contributed by atoms with Crippen LogP contribution in [0.5, 0.6) is 0 Å². The third-order valence-corrected chi connectivity index (χ3v) is 14.9. The molecule has 3 heterocycles. The standard InChI is InChI=1S/C33H46BrN5O3Si/c1-20(2)43(21(3)4,22(5)6)18-16-26-25(29-30(34)37-28-19-23(7)15-17-39(28)29)13-14-27(35-26)36-31(40)24(8)38(12)32(41)42-33(9,10)11/h13-15,17,19-22,24H,1-12H3,(H,35,36,40). The van der Waals surface area contributed by atoms with E-state index < -0.39 is 25.8 Å². The second kappa shape index (κ2) is 13.2. The zero-order valence-corrected chi connectivity index (χ0v) is 30.2. The Hall–Kier alpha value is -3.16. The molecular weight excluding hydrogens is 622 g/mol. The maximum absolute atomic E-state index is 13.2. The Morgan fingerprint density at radius 1 is 1.02 bits per heavy atom. The summed E-state index contributed by atoms with van der Waals surface area (Å²) in [6, 6.07) is 6.96. The first kappa shape index (κ1) is 34.3. The van der Waals surface area contributed by atoms with Crippen molar-refractivity contribution in [1.82, 2.24) is 19.3 Å². The Morgan fingerprint density at radius 2 is 1.63 bits per heavy atom. The number of fused-ring (bicyclic) bond motifs is 1. The van der Waals surface area contributed by atoms with Gasteiger partial charge >= 0.3 is 6.09 Å². The molecule has 0 bridgehead atoms. The van der Waals surface area contributed by atoms with Crippen LogP contribution in [0.15, 0.2) is 35.1 Å². The molecule has 1 unspecified atom stereocenters. The van der Waals surface area contributed by atoms with Gasteiger partial charge in [0, 0.05) is 18.8 Å². The van der Waals surface area contributed by atoms with Crippen LogP contribution in [-0.2, 0) is 9.53 Å². The second-order valence-electron chi connectivity index (χ2n) is 13.2. The Kier molecular flexibility index (Phi) is 10.6. The first-order valence-corrected chi connectivity index (χ1v) is 17.9. The predicted molar refractivity (Wildman–Crippen MR) is 181 cm³/mol. The zero-order valence-electron chi connectivity index (χ0n) is 27.6. The molecule has 43 heavy (non-hydrogen) atoms. The summed E-state index contributed by atoms with van der Waals surface area (Å²) in [6.07, 6.45) is 1.42. The summed E-state index contributed by atoms with van der Waals surface area (Å²) in [4.78, 5) is 36.7. The molecule has 0 fully saturated rings. The molecule has 0 radical (unpaired) electrons. The van der Waals surface area contributed by atoms with Crippen molar-refractivity contribution in [2.75, 3.05) is 12.4 Å². The first-order chi connectivity index (χ1) is 19.9. The highest BCUT2D eigenvalue weighted by atomic mass is 79.9. The molecular formula is C33H46BrN5O3Si. The summed E-state index contributed by atoms with van der Waals surface area (Å²) < 4.78 is 8.15. The van der Waals surface area contributed by atoms with Gasteiger partial charge in [-0.15, -0.1) is 5.54 Å². The maximum Gasteiger partial charge on any atom is 0.410 e. The van der Waals surface area contributed by atoms with Crippen molar-refractivity contribution in [3.05, 3.63) is 46.3 Å². The van der Waals surface area contributed by atoms with E-state index in [-0.39, 0.29) is 5.91 Å². The Morgan fingerprint density at radius 3 is 2.19 bits per heavy atom. The van der Waals surface area contributed by atoms with Crippen LogP contribution in [0.25, 0.3) is 16.9 Å². The molecule has 3 aromatic rings. The Bertz CT molecular complexity index is 1540. The van der Waals surface area contributed by atoms with Crippen molar-refractivity contribution >= 4 is 47.5 Å². The van der Waals surface area contributed by atoms with Gasteiger partial charge in [0.15, 0.2) is 0 Å². The molecule has 0 aliphatic rings. The molecule has 1 atom stereocenters. The number of carbonyl (C=O) groups excluding carboxylic acids is 2. The van der Waals surface area contributed by atoms with E-state index in [0.717, 1.165) is 22.5 Å². The van der Waals surface area contributed by atoms with E-state index in [1.165, 1.54) is 4.90 Å². The minimum Gasteiger partial charge on any atom is -0.444 e. The van der Waals surface area contributed by atoms with Gasteiger partial charge in [-0.3, -0.25) is 14.1 Å². The molecule has 0 aliphatic heterocycles. The van der Waals surface area contributed by atoms with Gasteiger partial charge in [-0.25, -0.2) is 14.8 Å². The second-order valence-corrected chi connectivity index (χ2v) is 19.5. The summed E-state index contributed by atoms with van der Waals surface area (Å²) in [5.74, 6) is 3.48. The lowest BCUT2D eigenvalue weighted by Gasteiger charge is -2.38. The van der Waals surface area contributed by atoms with Crippen LogP contribution in [0.1, 0.15) is 80.5 Å². The third kappa shape index (κ3) is 7.50. The summed E-state index contributed by atoms with van der Waals surface area (Å²) in [6.45, 7) is 22.7. The SMILES string of the molecule is Cc1ccn2c(-c3ccc(NC(=O)C(C)N(C)C(=O)OC(C)(C)C)nc3C#C[Si](C(C)C)(C(C)C)C(C)C)c(Br)nc2c1. The van der Waals surface area contributed by atoms with Crippen LogP contribution in [0, 0.1) is 18.4 Å². The molecule has 0 aromatic carbocycles. The molecule has 8 nitrogen and oxygen atoms in total. The van der Waals surface area contributed by atoms with Crippen LogP contribution in [0.3, 0.4) is 0 Å². The normalized spacial score (nSPS) is 12.8. The van der Waals surface area contributed by atoms with Gasteiger partial charge in [-0.2, -0.15) is 0 Å². The largest absolute Gasteiger partial charge is 0.444 e. The number of imidazole rings is 1. The molecule has 10 heteroatoms. The number of ether oxygens (including phenoxy) is 1. The molecule has 0 saturated carbocycles. The lowest BCUT2D eigenvalue weighted by molar-refractivity contribution is -0.120. The quantitative estimate of drug-likeness (QED) is 0.203. The van der Waals surface area contributed by atoms with E-state index in [2.05, 4.69) is 74.3 Å². The number of aromatic nitrogens is 3. The van der Waals surface area contributed by atoms with Crippen LogP contribution in [0.4, 0.5) is 10.6 Å². The van der Waals surface area contributed by atoms with E-state index in [9.17, 15) is 9.59 Å². The summed E-state index contributed by atoms with van der Waals surface area (Å²) in [5, 5.41) is 2.89. The van der Waals surface area contributed by atoms with E-state index in [0.29, 0.717) is 32.7 Å². The number of likely N-dealkylation sites (N-methyl/N-ethyl adjacent to an activating group) is 1. The molecule has 1 N–H and O–H groups in total. The van der Waals surface area contributed by atoms with Crippen LogP contribution in [-0.4, -0.2) is 58.0 Å². The van der Waals surface area contributed by atoms with Crippen molar-refractivity contribution in [3.63, 3.8) is 0 Å². The number of hydrogen-bond donors (Lipinski definition) is 1. The van der Waals surface area contributed by atoms with E-state index in [1.54, 1.807) is 40.8 Å². The fourth-order valence-electron chi connectivity index (χ4n) is 5.67. The maximum atomic E-state index is 13.2. The smallest absolute Gasteiger partial charge is 0.410 e. The third-order valence-electron chi connectivity index (χ3n) is 8.05. The average molecular weight is 669 g/mol. The monoisotopic (exact) mass is 667 g/mol. The van der Waals surface area contributed by atoms with Gasteiger partial charge in [0.05, 0.1) is 5.69 Å². The van der Waals surface area contributed by atoms with Crippen molar-refractivity contribution in [3.8, 4) is 22.7 Å². The van der Waals surface area contributed by atoms with Gasteiger partial charge in [0.1, 0.15) is 41.5 Å². The van der Waals surface area contributed by atoms with E-state index >= 15 is 0 Å². The van der Waals surface area contributed by atoms with E-state index in [1.807, 2.05) is 35.7 Å². The number of anilines is 1. The molecule has 2 amide bonds. The molecule has 0 spiro atoms. The number of nitrogens with zero attached hydrogens (tertiary/aromatic N) is 4. The minimum atomic E-state index is -2.09. The number of amides is 2. The molecule has 3 rings (SSSR count). The van der Waals surface area contributed by atoms with E-state index in [4.69, 9.17) is 14.7 Å². The van der Waals surface area contributed by atoms with Gasteiger partial charge in [0.25, 0.3) is 0 Å². The summed E-state index contributed by atoms with van der Waals surface area (Å²) in [7, 11) is -0.543. The number of rotatable bonds is 7. The lowest BCUT2D eigenvalue weighted by atomic mass is 10.1. The highest BCUT2D eigenvalue weighted by Crippen LogP contribution is 2.41. The van der Waals surface area contributed by atoms with Crippen molar-refractivity contribution in [1.29, 1.82) is 0 Å². The van der Waals surface area contributed by atoms with Gasteiger partial charge in [-0.05, 0) is 97.0 Å². The highest BCUT2D eigenvalue weighted by Gasteiger charge is 2.41. The van der Waals surface area contributed by atoms with Crippen LogP contribution in [0.2, 0.25) is 16.6 Å². The fraction of sp³-hybridized carbons (Fsp3) is 0.515. The number of halogens is 1. The number of pyridine rings is 2. The number of nitrogens with one attached hydrogen (secondary N) is 1. The zero-order chi connectivity index (χ0) is 32.4. The van der Waals surface area contributed by atoms with Crippen LogP contribution < -0.4 is 5.32 Å². The summed E-state index contributed by atoms with van der Waals surface area (Å²) >= 11 is 3.68. The van der Waals surface area contributed by atoms with Gasteiger partial charge in [0.2, 0.25) is 5.91 Å². The molecule has 0 saturated heterocycles. The lowest BCUT2D eigenvalue weighted by Crippen LogP contribution is -2.45. The molecule has 3 aromatic heterocycles. The average Bonchev–Trinajstić information content (AvgIpc) is 3.21. The van der Waals surface area contributed by atoms with Gasteiger partial charge in [-0.1, -0.05) is 47.5 Å². The number of carbonyl (C=O) groups is 2. The number of hydrogen-bond acceptors (Lipinski definition) is 5. The van der Waals surface area contributed by atoms with Crippen molar-refractivity contribution < 1.29 is 14.3 Å². The molecule has 232 valence electrons. The topological polar surface area (TPSA) is 88.8 Å². The number of aryl methyl sites for hydroxylation is 1. The molecule has 0 aliphatic carbocycles. The highest BCUT2D eigenvalue weighted by molar-refractivity contribution is 9.10.